The Labute approximate surface area is 124 Å². The van der Waals surface area contributed by atoms with Gasteiger partial charge in [-0.25, -0.2) is 0 Å². The first-order valence-corrected chi connectivity index (χ1v) is 7.19. The normalized spacial score (nSPS) is 11.2. The molecular weight excluding hydrogens is 314 g/mol. The Balaban J connectivity index is 1.98. The van der Waals surface area contributed by atoms with Crippen LogP contribution in [-0.4, -0.2) is 0 Å². The number of benzene rings is 2. The number of halogens is 1. The first-order valence-electron chi connectivity index (χ1n) is 6.40. The monoisotopic (exact) mass is 324 g/mol. The van der Waals surface area contributed by atoms with Crippen molar-refractivity contribution in [2.75, 3.05) is 0 Å². The van der Waals surface area contributed by atoms with Crippen LogP contribution in [0.5, 0.6) is 0 Å². The molecule has 2 aromatic carbocycles. The minimum absolute atomic E-state index is 0.849. The molecule has 20 heavy (non-hydrogen) atoms. The first kappa shape index (κ1) is 11.7. The van der Waals surface area contributed by atoms with Crippen LogP contribution in [-0.2, 0) is 0 Å². The molecule has 0 amide bonds. The summed E-state index contributed by atoms with van der Waals surface area (Å²) in [7, 11) is 0. The van der Waals surface area contributed by atoms with E-state index < -0.39 is 0 Å². The maximum atomic E-state index is 5.95. The SMILES string of the molecule is Brc1ccc(-c2c[n+]3c(ccc4ccccc43)o2)cc1. The van der Waals surface area contributed by atoms with Crippen LogP contribution in [0.25, 0.3) is 27.9 Å². The summed E-state index contributed by atoms with van der Waals surface area (Å²) in [5.74, 6) is 0.869. The predicted octanol–water partition coefficient (Wildman–Crippen LogP) is 4.60. The van der Waals surface area contributed by atoms with E-state index in [2.05, 4.69) is 38.5 Å². The molecule has 4 rings (SSSR count). The molecule has 0 fully saturated rings. The van der Waals surface area contributed by atoms with Gasteiger partial charge in [-0.1, -0.05) is 28.1 Å². The molecule has 0 radical (unpaired) electrons. The molecule has 2 nitrogen and oxygen atoms in total. The lowest BCUT2D eigenvalue weighted by Gasteiger charge is -1.92. The van der Waals surface area contributed by atoms with Crippen molar-refractivity contribution < 1.29 is 8.82 Å². The largest absolute Gasteiger partial charge is 0.398 e. The Morgan fingerprint density at radius 3 is 2.50 bits per heavy atom. The van der Waals surface area contributed by atoms with Gasteiger partial charge in [-0.05, 0) is 36.4 Å². The lowest BCUT2D eigenvalue weighted by molar-refractivity contribution is -0.483. The summed E-state index contributed by atoms with van der Waals surface area (Å²) in [6.07, 6.45) is 2.04. The third kappa shape index (κ3) is 1.82. The molecule has 0 unspecified atom stereocenters. The highest BCUT2D eigenvalue weighted by atomic mass is 79.9. The van der Waals surface area contributed by atoms with Gasteiger partial charge in [-0.15, -0.1) is 4.40 Å². The smallest absolute Gasteiger partial charge is 0.379 e. The highest BCUT2D eigenvalue weighted by Gasteiger charge is 2.16. The van der Waals surface area contributed by atoms with E-state index >= 15 is 0 Å². The fraction of sp³-hybridized carbons (Fsp3) is 0. The van der Waals surface area contributed by atoms with Crippen molar-refractivity contribution in [3.8, 4) is 11.3 Å². The molecule has 0 bridgehead atoms. The van der Waals surface area contributed by atoms with E-state index in [0.29, 0.717) is 0 Å². The van der Waals surface area contributed by atoms with E-state index in [1.807, 2.05) is 48.7 Å². The Bertz CT molecular complexity index is 909. The highest BCUT2D eigenvalue weighted by Crippen LogP contribution is 2.23. The minimum Gasteiger partial charge on any atom is -0.398 e. The minimum atomic E-state index is 0.849. The Hall–Kier alpha value is -2.13. The molecule has 0 aliphatic heterocycles. The van der Waals surface area contributed by atoms with E-state index in [0.717, 1.165) is 27.0 Å². The summed E-state index contributed by atoms with van der Waals surface area (Å²) in [5, 5.41) is 1.20. The average Bonchev–Trinajstić information content (AvgIpc) is 2.92. The lowest BCUT2D eigenvalue weighted by Crippen LogP contribution is -2.18. The second-order valence-electron chi connectivity index (χ2n) is 4.70. The summed E-state index contributed by atoms with van der Waals surface area (Å²) in [6, 6.07) is 20.5. The maximum Gasteiger partial charge on any atom is 0.379 e. The summed E-state index contributed by atoms with van der Waals surface area (Å²) in [5.41, 5.74) is 3.07. The number of hydrogen-bond acceptors (Lipinski definition) is 1. The van der Waals surface area contributed by atoms with Gasteiger partial charge in [-0.3, -0.25) is 0 Å². The zero-order valence-corrected chi connectivity index (χ0v) is 12.2. The van der Waals surface area contributed by atoms with Gasteiger partial charge >= 0.3 is 5.71 Å². The van der Waals surface area contributed by atoms with Crippen LogP contribution in [0.2, 0.25) is 0 Å². The number of rotatable bonds is 1. The van der Waals surface area contributed by atoms with Gasteiger partial charge in [0.1, 0.15) is 0 Å². The van der Waals surface area contributed by atoms with Gasteiger partial charge in [0.15, 0.2) is 0 Å². The molecule has 0 spiro atoms. The molecule has 3 heteroatoms. The van der Waals surface area contributed by atoms with Gasteiger partial charge in [0.05, 0.1) is 6.07 Å². The van der Waals surface area contributed by atoms with Crippen molar-refractivity contribution in [1.29, 1.82) is 0 Å². The van der Waals surface area contributed by atoms with Gasteiger partial charge in [0.2, 0.25) is 17.5 Å². The number of hydrogen-bond donors (Lipinski definition) is 0. The number of oxazole rings is 1. The van der Waals surface area contributed by atoms with E-state index in [4.69, 9.17) is 4.42 Å². The molecule has 0 saturated heterocycles. The van der Waals surface area contributed by atoms with Crippen molar-refractivity contribution >= 4 is 32.5 Å². The predicted molar refractivity (Wildman–Crippen MR) is 82.5 cm³/mol. The van der Waals surface area contributed by atoms with Crippen LogP contribution in [0.15, 0.2) is 75.8 Å². The topological polar surface area (TPSA) is 17.2 Å². The molecule has 0 aliphatic carbocycles. The summed E-state index contributed by atoms with van der Waals surface area (Å²) in [4.78, 5) is 0. The molecule has 4 aromatic rings. The molecule has 2 heterocycles. The third-order valence-corrected chi connectivity index (χ3v) is 3.96. The molecule has 0 saturated carbocycles. The van der Waals surface area contributed by atoms with Crippen LogP contribution in [0.1, 0.15) is 0 Å². The first-order chi connectivity index (χ1) is 9.81. The quantitative estimate of drug-likeness (QED) is 0.468. The van der Waals surface area contributed by atoms with Gasteiger partial charge in [0.25, 0.3) is 0 Å². The zero-order valence-electron chi connectivity index (χ0n) is 10.6. The van der Waals surface area contributed by atoms with Crippen molar-refractivity contribution in [3.63, 3.8) is 0 Å². The molecule has 2 aromatic heterocycles. The summed E-state index contributed by atoms with van der Waals surface area (Å²) < 4.78 is 9.10. The van der Waals surface area contributed by atoms with Crippen LogP contribution in [0.3, 0.4) is 0 Å². The Kier molecular flexibility index (Phi) is 2.60. The third-order valence-electron chi connectivity index (χ3n) is 3.43. The maximum absolute atomic E-state index is 5.95. The van der Waals surface area contributed by atoms with E-state index in [1.54, 1.807) is 0 Å². The van der Waals surface area contributed by atoms with Gasteiger partial charge < -0.3 is 4.42 Å². The number of fused-ring (bicyclic) bond motifs is 3. The van der Waals surface area contributed by atoms with E-state index in [-0.39, 0.29) is 0 Å². The van der Waals surface area contributed by atoms with E-state index in [1.165, 1.54) is 5.39 Å². The average molecular weight is 325 g/mol. The molecule has 0 aliphatic rings. The van der Waals surface area contributed by atoms with Crippen LogP contribution in [0.4, 0.5) is 0 Å². The fourth-order valence-corrected chi connectivity index (χ4v) is 2.69. The zero-order chi connectivity index (χ0) is 13.5. The van der Waals surface area contributed by atoms with Gasteiger partial charge in [0, 0.05) is 21.5 Å². The second-order valence-corrected chi connectivity index (χ2v) is 5.62. The number of aromatic nitrogens is 1. The number of pyridine rings is 1. The van der Waals surface area contributed by atoms with Crippen LogP contribution >= 0.6 is 15.9 Å². The van der Waals surface area contributed by atoms with Crippen molar-refractivity contribution in [3.05, 3.63) is 71.3 Å². The molecule has 96 valence electrons. The number of nitrogens with zero attached hydrogens (tertiary/aromatic N) is 1. The summed E-state index contributed by atoms with van der Waals surface area (Å²) >= 11 is 3.45. The highest BCUT2D eigenvalue weighted by molar-refractivity contribution is 9.10. The van der Waals surface area contributed by atoms with Crippen molar-refractivity contribution in [2.24, 2.45) is 0 Å². The van der Waals surface area contributed by atoms with Crippen LogP contribution in [0, 0.1) is 0 Å². The second kappa shape index (κ2) is 4.46. The standard InChI is InChI=1S/C17H11BrNO/c18-14-8-5-13(6-9-14)16-11-19-15-4-2-1-3-12(15)7-10-17(19)20-16/h1-11H/q+1. The number of para-hydroxylation sites is 1. The summed E-state index contributed by atoms with van der Waals surface area (Å²) in [6.45, 7) is 0. The van der Waals surface area contributed by atoms with E-state index in [9.17, 15) is 0 Å². The van der Waals surface area contributed by atoms with Crippen molar-refractivity contribution in [2.45, 2.75) is 0 Å². The Morgan fingerprint density at radius 1 is 0.850 bits per heavy atom. The van der Waals surface area contributed by atoms with Crippen molar-refractivity contribution in [1.82, 2.24) is 0 Å². The lowest BCUT2D eigenvalue weighted by atomic mass is 10.2. The van der Waals surface area contributed by atoms with Gasteiger partial charge in [-0.2, -0.15) is 0 Å². The molecule has 0 N–H and O–H groups in total. The molecular formula is C17H11BrNO+. The Morgan fingerprint density at radius 2 is 1.65 bits per heavy atom. The molecule has 0 atom stereocenters. The fourth-order valence-electron chi connectivity index (χ4n) is 2.43. The van der Waals surface area contributed by atoms with Crippen LogP contribution < -0.4 is 4.40 Å².